The van der Waals surface area contributed by atoms with E-state index < -0.39 is 0 Å². The lowest BCUT2D eigenvalue weighted by Crippen LogP contribution is -2.31. The summed E-state index contributed by atoms with van der Waals surface area (Å²) in [5, 5.41) is 0. The van der Waals surface area contributed by atoms with Crippen molar-refractivity contribution < 1.29 is 9.47 Å². The molecule has 116 valence electrons. The maximum Gasteiger partial charge on any atom is 0.162 e. The normalized spacial score (nSPS) is 25.3. The van der Waals surface area contributed by atoms with Crippen LogP contribution >= 0.6 is 11.8 Å². The summed E-state index contributed by atoms with van der Waals surface area (Å²) in [6, 6.07) is 4.27. The first-order chi connectivity index (χ1) is 10.1. The third kappa shape index (κ3) is 3.15. The Balaban J connectivity index is 1.79. The van der Waals surface area contributed by atoms with E-state index in [2.05, 4.69) is 30.2 Å². The molecule has 2 N–H and O–H groups in total. The van der Waals surface area contributed by atoms with Crippen molar-refractivity contribution in [3.63, 3.8) is 0 Å². The summed E-state index contributed by atoms with van der Waals surface area (Å²) in [5.41, 5.74) is 7.50. The van der Waals surface area contributed by atoms with Crippen LogP contribution in [0.2, 0.25) is 0 Å². The topological polar surface area (TPSA) is 47.7 Å². The van der Waals surface area contributed by atoms with Gasteiger partial charge in [0.1, 0.15) is 13.2 Å². The van der Waals surface area contributed by atoms with Crippen LogP contribution in [0, 0.1) is 5.41 Å². The molecule has 21 heavy (non-hydrogen) atoms. The van der Waals surface area contributed by atoms with Crippen molar-refractivity contribution in [2.24, 2.45) is 11.1 Å². The Morgan fingerprint density at radius 2 is 2.00 bits per heavy atom. The molecule has 1 fully saturated rings. The van der Waals surface area contributed by atoms with Gasteiger partial charge in [0.15, 0.2) is 11.5 Å². The molecule has 4 nitrogen and oxygen atoms in total. The maximum absolute atomic E-state index is 5.90. The van der Waals surface area contributed by atoms with Crippen molar-refractivity contribution >= 4 is 11.8 Å². The van der Waals surface area contributed by atoms with Crippen molar-refractivity contribution in [3.8, 4) is 11.5 Å². The maximum atomic E-state index is 5.90. The zero-order valence-electron chi connectivity index (χ0n) is 12.9. The summed E-state index contributed by atoms with van der Waals surface area (Å²) in [6.07, 6.45) is 3.30. The summed E-state index contributed by atoms with van der Waals surface area (Å²) < 4.78 is 11.4. The van der Waals surface area contributed by atoms with Gasteiger partial charge in [0.25, 0.3) is 0 Å². The van der Waals surface area contributed by atoms with Crippen molar-refractivity contribution in [3.05, 3.63) is 17.7 Å². The molecule has 5 heteroatoms. The van der Waals surface area contributed by atoms with E-state index in [-0.39, 0.29) is 5.41 Å². The van der Waals surface area contributed by atoms with E-state index >= 15 is 0 Å². The van der Waals surface area contributed by atoms with Gasteiger partial charge in [0.2, 0.25) is 0 Å². The van der Waals surface area contributed by atoms with E-state index in [1.165, 1.54) is 16.9 Å². The highest BCUT2D eigenvalue weighted by Crippen LogP contribution is 2.38. The summed E-state index contributed by atoms with van der Waals surface area (Å²) in [6.45, 7) is 7.48. The van der Waals surface area contributed by atoms with Crippen LogP contribution in [0.5, 0.6) is 11.5 Å². The van der Waals surface area contributed by atoms with Gasteiger partial charge < -0.3 is 15.2 Å². The zero-order chi connectivity index (χ0) is 14.9. The first kappa shape index (κ1) is 15.0. The van der Waals surface area contributed by atoms with Crippen LogP contribution in [0.1, 0.15) is 18.9 Å². The van der Waals surface area contributed by atoms with Crippen molar-refractivity contribution in [1.29, 1.82) is 0 Å². The number of ether oxygens (including phenoxy) is 2. The number of benzene rings is 1. The Hall–Kier alpha value is -0.910. The number of hydrogen-bond donors (Lipinski definition) is 1. The summed E-state index contributed by atoms with van der Waals surface area (Å²) >= 11 is 1.77. The quantitative estimate of drug-likeness (QED) is 0.865. The largest absolute Gasteiger partial charge is 0.486 e. The summed E-state index contributed by atoms with van der Waals surface area (Å²) in [4.78, 5) is 3.78. The van der Waals surface area contributed by atoms with Gasteiger partial charge in [-0.1, -0.05) is 6.92 Å². The minimum atomic E-state index is 0.271. The molecule has 1 unspecified atom stereocenters. The predicted molar refractivity (Wildman–Crippen MR) is 86.3 cm³/mol. The van der Waals surface area contributed by atoms with Gasteiger partial charge in [-0.2, -0.15) is 0 Å². The van der Waals surface area contributed by atoms with Crippen molar-refractivity contribution in [2.45, 2.75) is 24.8 Å². The molecule has 0 bridgehead atoms. The third-order valence-electron chi connectivity index (χ3n) is 4.47. The highest BCUT2D eigenvalue weighted by molar-refractivity contribution is 7.98. The van der Waals surface area contributed by atoms with Gasteiger partial charge in [-0.25, -0.2) is 0 Å². The molecule has 0 spiro atoms. The lowest BCUT2D eigenvalue weighted by Gasteiger charge is -2.25. The Kier molecular flexibility index (Phi) is 4.33. The van der Waals surface area contributed by atoms with E-state index in [4.69, 9.17) is 15.2 Å². The smallest absolute Gasteiger partial charge is 0.162 e. The van der Waals surface area contributed by atoms with E-state index in [1.807, 2.05) is 0 Å². The van der Waals surface area contributed by atoms with Gasteiger partial charge >= 0.3 is 0 Å². The average molecular weight is 308 g/mol. The lowest BCUT2D eigenvalue weighted by atomic mass is 9.90. The van der Waals surface area contributed by atoms with E-state index in [9.17, 15) is 0 Å². The highest BCUT2D eigenvalue weighted by atomic mass is 32.2. The molecule has 0 amide bonds. The Bertz CT molecular complexity index is 523. The number of rotatable bonds is 4. The van der Waals surface area contributed by atoms with E-state index in [0.29, 0.717) is 13.2 Å². The molecule has 0 aliphatic carbocycles. The molecule has 2 aliphatic heterocycles. The molecule has 0 radical (unpaired) electrons. The summed E-state index contributed by atoms with van der Waals surface area (Å²) in [5.74, 6) is 1.76. The molecule has 3 rings (SSSR count). The van der Waals surface area contributed by atoms with Gasteiger partial charge in [-0.05, 0) is 48.9 Å². The minimum Gasteiger partial charge on any atom is -0.486 e. The van der Waals surface area contributed by atoms with Crippen molar-refractivity contribution in [2.75, 3.05) is 39.1 Å². The van der Waals surface area contributed by atoms with Crippen LogP contribution in [0.25, 0.3) is 0 Å². The monoisotopic (exact) mass is 308 g/mol. The van der Waals surface area contributed by atoms with Gasteiger partial charge in [0, 0.05) is 18.0 Å². The first-order valence-electron chi connectivity index (χ1n) is 7.52. The Morgan fingerprint density at radius 1 is 1.29 bits per heavy atom. The van der Waals surface area contributed by atoms with Crippen LogP contribution in [0.15, 0.2) is 17.0 Å². The second-order valence-electron chi connectivity index (χ2n) is 6.28. The van der Waals surface area contributed by atoms with Crippen LogP contribution in [-0.2, 0) is 6.54 Å². The molecule has 2 heterocycles. The number of nitrogens with zero attached hydrogens (tertiary/aromatic N) is 1. The highest BCUT2D eigenvalue weighted by Gasteiger charge is 2.32. The standard InChI is InChI=1S/C16H24N2O2S/c1-16(10-17)3-4-18(11-16)9-12-7-13-14(8-15(12)21-2)20-6-5-19-13/h7-8H,3-6,9-11,17H2,1-2H3. The van der Waals surface area contributed by atoms with Crippen LogP contribution < -0.4 is 15.2 Å². The second-order valence-corrected chi connectivity index (χ2v) is 7.13. The average Bonchev–Trinajstić information content (AvgIpc) is 2.88. The fourth-order valence-corrected chi connectivity index (χ4v) is 3.70. The number of fused-ring (bicyclic) bond motifs is 1. The Morgan fingerprint density at radius 3 is 2.62 bits per heavy atom. The lowest BCUT2D eigenvalue weighted by molar-refractivity contribution is 0.170. The number of nitrogens with two attached hydrogens (primary N) is 1. The van der Waals surface area contributed by atoms with Crippen LogP contribution in [0.4, 0.5) is 0 Å². The molecule has 0 aromatic heterocycles. The first-order valence-corrected chi connectivity index (χ1v) is 8.75. The van der Waals surface area contributed by atoms with Gasteiger partial charge in [-0.15, -0.1) is 11.8 Å². The summed E-state index contributed by atoms with van der Waals surface area (Å²) in [7, 11) is 0. The molecule has 1 aromatic rings. The minimum absolute atomic E-state index is 0.271. The van der Waals surface area contributed by atoms with Gasteiger partial charge in [0.05, 0.1) is 0 Å². The molecule has 1 atom stereocenters. The SMILES string of the molecule is CSc1cc2c(cc1CN1CCC(C)(CN)C1)OCCO2. The van der Waals surface area contributed by atoms with E-state index in [0.717, 1.165) is 37.7 Å². The molecular weight excluding hydrogens is 284 g/mol. The number of thioether (sulfide) groups is 1. The molecule has 1 saturated heterocycles. The fraction of sp³-hybridized carbons (Fsp3) is 0.625. The molecule has 0 saturated carbocycles. The number of hydrogen-bond acceptors (Lipinski definition) is 5. The van der Waals surface area contributed by atoms with Crippen molar-refractivity contribution in [1.82, 2.24) is 4.90 Å². The van der Waals surface area contributed by atoms with Gasteiger partial charge in [-0.3, -0.25) is 4.90 Å². The molecule has 2 aliphatic rings. The Labute approximate surface area is 131 Å². The number of likely N-dealkylation sites (tertiary alicyclic amines) is 1. The second kappa shape index (κ2) is 6.07. The predicted octanol–water partition coefficient (Wildman–Crippen LogP) is 2.35. The fourth-order valence-electron chi connectivity index (χ4n) is 3.09. The van der Waals surface area contributed by atoms with Crippen LogP contribution in [-0.4, -0.2) is 44.0 Å². The zero-order valence-corrected chi connectivity index (χ0v) is 13.7. The molecular formula is C16H24N2O2S. The molecule has 1 aromatic carbocycles. The third-order valence-corrected chi connectivity index (χ3v) is 5.29. The van der Waals surface area contributed by atoms with Crippen LogP contribution in [0.3, 0.4) is 0 Å². The van der Waals surface area contributed by atoms with E-state index in [1.54, 1.807) is 11.8 Å².